The summed E-state index contributed by atoms with van der Waals surface area (Å²) in [5.41, 5.74) is 8.13. The van der Waals surface area contributed by atoms with Crippen molar-refractivity contribution in [1.82, 2.24) is 4.90 Å². The van der Waals surface area contributed by atoms with Gasteiger partial charge in [-0.25, -0.2) is 0 Å². The summed E-state index contributed by atoms with van der Waals surface area (Å²) in [6.07, 6.45) is 1.09. The Labute approximate surface area is 105 Å². The minimum Gasteiger partial charge on any atom is -0.380 e. The molecule has 0 aliphatic rings. The van der Waals surface area contributed by atoms with E-state index in [0.29, 0.717) is 6.54 Å². The Balaban J connectivity index is 2.31. The van der Waals surface area contributed by atoms with Crippen LogP contribution in [0.5, 0.6) is 0 Å². The second-order valence-electron chi connectivity index (χ2n) is 4.37. The molecule has 17 heavy (non-hydrogen) atoms. The lowest BCUT2D eigenvalue weighted by Gasteiger charge is -2.17. The van der Waals surface area contributed by atoms with Gasteiger partial charge in [0, 0.05) is 26.2 Å². The van der Waals surface area contributed by atoms with Crippen LogP contribution in [-0.4, -0.2) is 31.7 Å². The molecule has 0 spiro atoms. The molecule has 96 valence electrons. The molecule has 0 radical (unpaired) electrons. The summed E-state index contributed by atoms with van der Waals surface area (Å²) in [6.45, 7) is 6.31. The van der Waals surface area contributed by atoms with Crippen LogP contribution in [0.4, 0.5) is 0 Å². The Morgan fingerprint density at radius 3 is 2.71 bits per heavy atom. The fourth-order valence-electron chi connectivity index (χ4n) is 1.71. The number of hydrogen-bond acceptors (Lipinski definition) is 3. The van der Waals surface area contributed by atoms with Gasteiger partial charge >= 0.3 is 0 Å². The van der Waals surface area contributed by atoms with Gasteiger partial charge in [-0.3, -0.25) is 4.90 Å². The van der Waals surface area contributed by atoms with E-state index in [1.807, 2.05) is 0 Å². The average molecular weight is 236 g/mol. The first kappa shape index (κ1) is 14.2. The van der Waals surface area contributed by atoms with Crippen LogP contribution in [0.25, 0.3) is 0 Å². The molecule has 0 amide bonds. The quantitative estimate of drug-likeness (QED) is 0.702. The van der Waals surface area contributed by atoms with Crippen molar-refractivity contribution in [3.8, 4) is 0 Å². The largest absolute Gasteiger partial charge is 0.380 e. The Bertz CT molecular complexity index is 315. The molecule has 0 saturated carbocycles. The van der Waals surface area contributed by atoms with Crippen LogP contribution in [0.15, 0.2) is 24.3 Å². The Morgan fingerprint density at radius 1 is 1.24 bits per heavy atom. The first-order valence-corrected chi connectivity index (χ1v) is 6.30. The molecule has 0 atom stereocenters. The van der Waals surface area contributed by atoms with Crippen LogP contribution in [0.1, 0.15) is 24.5 Å². The van der Waals surface area contributed by atoms with E-state index in [1.165, 1.54) is 11.1 Å². The molecule has 1 aromatic carbocycles. The van der Waals surface area contributed by atoms with Gasteiger partial charge < -0.3 is 10.5 Å². The van der Waals surface area contributed by atoms with Crippen LogP contribution < -0.4 is 5.73 Å². The van der Waals surface area contributed by atoms with Crippen molar-refractivity contribution in [3.63, 3.8) is 0 Å². The van der Waals surface area contributed by atoms with E-state index >= 15 is 0 Å². The lowest BCUT2D eigenvalue weighted by Crippen LogP contribution is -2.23. The molecule has 0 fully saturated rings. The fourth-order valence-corrected chi connectivity index (χ4v) is 1.71. The van der Waals surface area contributed by atoms with Crippen molar-refractivity contribution in [2.75, 3.05) is 26.8 Å². The average Bonchev–Trinajstić information content (AvgIpc) is 2.35. The number of nitrogens with two attached hydrogens (primary N) is 1. The summed E-state index contributed by atoms with van der Waals surface area (Å²) in [6, 6.07) is 8.44. The molecule has 3 nitrogen and oxygen atoms in total. The summed E-state index contributed by atoms with van der Waals surface area (Å²) < 4.78 is 5.47. The number of likely N-dealkylation sites (N-methyl/N-ethyl adjacent to an activating group) is 1. The van der Waals surface area contributed by atoms with Gasteiger partial charge in [-0.2, -0.15) is 0 Å². The summed E-state index contributed by atoms with van der Waals surface area (Å²) in [4.78, 5) is 2.27. The van der Waals surface area contributed by atoms with Crippen LogP contribution in [0.2, 0.25) is 0 Å². The van der Waals surface area contributed by atoms with Crippen molar-refractivity contribution >= 4 is 0 Å². The van der Waals surface area contributed by atoms with Crippen molar-refractivity contribution in [2.45, 2.75) is 26.4 Å². The van der Waals surface area contributed by atoms with Crippen molar-refractivity contribution in [1.29, 1.82) is 0 Å². The topological polar surface area (TPSA) is 38.5 Å². The zero-order chi connectivity index (χ0) is 12.5. The van der Waals surface area contributed by atoms with Gasteiger partial charge in [-0.1, -0.05) is 31.2 Å². The summed E-state index contributed by atoms with van der Waals surface area (Å²) in [5, 5.41) is 0. The molecule has 0 bridgehead atoms. The Kier molecular flexibility index (Phi) is 6.86. The molecule has 0 aliphatic carbocycles. The van der Waals surface area contributed by atoms with Gasteiger partial charge in [-0.05, 0) is 24.6 Å². The third-order valence-electron chi connectivity index (χ3n) is 2.65. The van der Waals surface area contributed by atoms with E-state index in [1.54, 1.807) is 0 Å². The van der Waals surface area contributed by atoms with Crippen LogP contribution >= 0.6 is 0 Å². The Morgan fingerprint density at radius 2 is 2.00 bits per heavy atom. The predicted octanol–water partition coefficient (Wildman–Crippen LogP) is 2.00. The van der Waals surface area contributed by atoms with Crippen molar-refractivity contribution in [2.24, 2.45) is 5.73 Å². The lowest BCUT2D eigenvalue weighted by atomic mass is 10.1. The van der Waals surface area contributed by atoms with Crippen molar-refractivity contribution in [3.05, 3.63) is 35.4 Å². The molecule has 1 aromatic rings. The molecule has 1 rings (SSSR count). The molecule has 3 heteroatoms. The summed E-state index contributed by atoms with van der Waals surface area (Å²) >= 11 is 0. The van der Waals surface area contributed by atoms with E-state index in [4.69, 9.17) is 10.5 Å². The van der Waals surface area contributed by atoms with Crippen LogP contribution in [-0.2, 0) is 17.8 Å². The third-order valence-corrected chi connectivity index (χ3v) is 2.65. The smallest absolute Gasteiger partial charge is 0.0593 e. The van der Waals surface area contributed by atoms with E-state index in [2.05, 4.69) is 43.1 Å². The predicted molar refractivity (Wildman–Crippen MR) is 71.8 cm³/mol. The number of nitrogens with zero attached hydrogens (tertiary/aromatic N) is 1. The van der Waals surface area contributed by atoms with Crippen LogP contribution in [0, 0.1) is 0 Å². The second-order valence-corrected chi connectivity index (χ2v) is 4.37. The first-order valence-electron chi connectivity index (χ1n) is 6.30. The minimum absolute atomic E-state index is 0.608. The normalized spacial score (nSPS) is 11.1. The molecular weight excluding hydrogens is 212 g/mol. The molecule has 0 unspecified atom stereocenters. The van der Waals surface area contributed by atoms with E-state index in [0.717, 1.165) is 32.7 Å². The first-order chi connectivity index (χ1) is 8.26. The number of benzene rings is 1. The third kappa shape index (κ3) is 5.82. The highest BCUT2D eigenvalue weighted by Crippen LogP contribution is 2.06. The molecule has 0 heterocycles. The highest BCUT2D eigenvalue weighted by molar-refractivity contribution is 5.23. The fraction of sp³-hybridized carbons (Fsp3) is 0.571. The number of hydrogen-bond donors (Lipinski definition) is 1. The zero-order valence-corrected chi connectivity index (χ0v) is 11.0. The number of ether oxygens (including phenoxy) is 1. The van der Waals surface area contributed by atoms with Gasteiger partial charge in [0.2, 0.25) is 0 Å². The second kappa shape index (κ2) is 8.23. The summed E-state index contributed by atoms with van der Waals surface area (Å²) in [5.74, 6) is 0. The zero-order valence-electron chi connectivity index (χ0n) is 11.0. The summed E-state index contributed by atoms with van der Waals surface area (Å²) in [7, 11) is 2.12. The van der Waals surface area contributed by atoms with Crippen molar-refractivity contribution < 1.29 is 4.74 Å². The molecular formula is C14H24N2O. The van der Waals surface area contributed by atoms with E-state index in [9.17, 15) is 0 Å². The monoisotopic (exact) mass is 236 g/mol. The maximum Gasteiger partial charge on any atom is 0.0593 e. The van der Waals surface area contributed by atoms with Gasteiger partial charge in [0.05, 0.1) is 6.61 Å². The highest BCUT2D eigenvalue weighted by Gasteiger charge is 2.01. The lowest BCUT2D eigenvalue weighted by molar-refractivity contribution is 0.110. The molecule has 0 aromatic heterocycles. The molecule has 2 N–H and O–H groups in total. The highest BCUT2D eigenvalue weighted by atomic mass is 16.5. The Hall–Kier alpha value is -0.900. The van der Waals surface area contributed by atoms with E-state index in [-0.39, 0.29) is 0 Å². The number of rotatable bonds is 8. The van der Waals surface area contributed by atoms with Gasteiger partial charge in [0.25, 0.3) is 0 Å². The SMILES string of the molecule is CCCOCCN(C)Cc1cccc(CN)c1. The maximum atomic E-state index is 5.63. The van der Waals surface area contributed by atoms with Gasteiger partial charge in [-0.15, -0.1) is 0 Å². The van der Waals surface area contributed by atoms with Gasteiger partial charge in [0.1, 0.15) is 0 Å². The van der Waals surface area contributed by atoms with Crippen LogP contribution in [0.3, 0.4) is 0 Å². The molecule has 0 saturated heterocycles. The standard InChI is InChI=1S/C14H24N2O/c1-3-8-17-9-7-16(2)12-14-6-4-5-13(10-14)11-15/h4-6,10H,3,7-9,11-12,15H2,1-2H3. The van der Waals surface area contributed by atoms with Gasteiger partial charge in [0.15, 0.2) is 0 Å². The van der Waals surface area contributed by atoms with E-state index < -0.39 is 0 Å². The minimum atomic E-state index is 0.608. The molecule has 0 aliphatic heterocycles. The maximum absolute atomic E-state index is 5.63.